The molecule has 1 unspecified atom stereocenters. The van der Waals surface area contributed by atoms with Gasteiger partial charge in [0.15, 0.2) is 23.5 Å². The summed E-state index contributed by atoms with van der Waals surface area (Å²) < 4.78 is 2.20. The van der Waals surface area contributed by atoms with Crippen LogP contribution < -0.4 is 37.7 Å². The number of aliphatic hydroxyl groups excluding tert-OH is 2. The predicted octanol–water partition coefficient (Wildman–Crippen LogP) is -0.326. The van der Waals surface area contributed by atoms with Gasteiger partial charge >= 0.3 is 5.97 Å². The minimum atomic E-state index is -1.14. The number of aromatic hydroxyl groups is 2. The standard InChI is InChI=1S/C52H69N11O15/c1-34(66)38(14-22-59(4)33-65)47(73)53-17-25-62(26-18-54-48(74)39(42(67)32-64)13-21-58(2)3)30-36(29-35-7-9-37(10-8-35)57-43(68)11-12-44(69)70)31-63(27-19-55-49(75)40-15-23-60(5)51(77)45(40)71)28-20-56-50(76)41-16-24-61(6)52(78)46(41)72/h7-10,13-16,21-24,32-33,36,66-67,71-72H,11-12,17-20,25-31H2,1-6H3,(H,53,73)(H,54,74)(H,55,75)(H,56,76)(H,57,68)(H,69,70)/b21-13-,22-14-,38-34-,42-39-. The number of rotatable bonds is 32. The lowest BCUT2D eigenvalue weighted by Crippen LogP contribution is -2.46. The number of pyridine rings is 2. The molecule has 10 N–H and O–H groups in total. The molecule has 0 bridgehead atoms. The molecule has 0 aliphatic rings. The number of hydrogen-bond acceptors (Lipinski definition) is 17. The Labute approximate surface area is 449 Å². The number of aldehydes is 1. The van der Waals surface area contributed by atoms with E-state index in [2.05, 4.69) is 26.6 Å². The highest BCUT2D eigenvalue weighted by molar-refractivity contribution is 6.00. The van der Waals surface area contributed by atoms with Crippen LogP contribution in [0.15, 0.2) is 106 Å². The van der Waals surface area contributed by atoms with Crippen LogP contribution in [0.25, 0.3) is 0 Å². The number of benzene rings is 1. The van der Waals surface area contributed by atoms with Crippen molar-refractivity contribution in [2.24, 2.45) is 20.0 Å². The van der Waals surface area contributed by atoms with Gasteiger partial charge in [0.2, 0.25) is 12.3 Å². The van der Waals surface area contributed by atoms with Gasteiger partial charge in [0.05, 0.1) is 28.7 Å². The first-order valence-electron chi connectivity index (χ1n) is 24.4. The van der Waals surface area contributed by atoms with Crippen LogP contribution in [0.1, 0.15) is 46.0 Å². The Morgan fingerprint density at radius 3 is 1.54 bits per heavy atom. The number of carbonyl (C=O) groups excluding carboxylic acids is 7. The zero-order chi connectivity index (χ0) is 58.1. The third-order valence-corrected chi connectivity index (χ3v) is 11.6. The second kappa shape index (κ2) is 31.8. The topological polar surface area (TPSA) is 355 Å². The number of anilines is 1. The van der Waals surface area contributed by atoms with Gasteiger partial charge in [-0.3, -0.25) is 57.7 Å². The van der Waals surface area contributed by atoms with Crippen LogP contribution in [0, 0.1) is 5.92 Å². The molecule has 3 rings (SSSR count). The molecule has 0 aliphatic heterocycles. The molecule has 6 amide bonds. The quantitative estimate of drug-likeness (QED) is 0.0166. The van der Waals surface area contributed by atoms with E-state index < -0.39 is 69.8 Å². The summed E-state index contributed by atoms with van der Waals surface area (Å²) in [5, 5.41) is 64.2. The van der Waals surface area contributed by atoms with Gasteiger partial charge in [-0.15, -0.1) is 0 Å². The number of aliphatic hydroxyl groups is 2. The molecular weight excluding hydrogens is 1020 g/mol. The fourth-order valence-corrected chi connectivity index (χ4v) is 7.45. The zero-order valence-corrected chi connectivity index (χ0v) is 44.4. The van der Waals surface area contributed by atoms with Crippen molar-refractivity contribution in [2.45, 2.75) is 26.2 Å². The van der Waals surface area contributed by atoms with Crippen molar-refractivity contribution in [3.05, 3.63) is 133 Å². The molecule has 422 valence electrons. The van der Waals surface area contributed by atoms with Crippen LogP contribution in [0.5, 0.6) is 11.5 Å². The lowest BCUT2D eigenvalue weighted by atomic mass is 9.97. The average Bonchev–Trinajstić information content (AvgIpc) is 3.40. The van der Waals surface area contributed by atoms with E-state index in [-0.39, 0.29) is 113 Å². The number of allylic oxidation sites excluding steroid dienone is 2. The van der Waals surface area contributed by atoms with Crippen LogP contribution >= 0.6 is 0 Å². The summed E-state index contributed by atoms with van der Waals surface area (Å²) in [6.45, 7) is 1.93. The molecule has 2 heterocycles. The molecule has 2 aromatic heterocycles. The molecule has 0 aliphatic carbocycles. The van der Waals surface area contributed by atoms with Crippen molar-refractivity contribution in [2.75, 3.05) is 91.9 Å². The number of aromatic nitrogens is 2. The van der Waals surface area contributed by atoms with Gasteiger partial charge in [0, 0.05) is 131 Å². The second-order valence-electron chi connectivity index (χ2n) is 18.1. The molecule has 1 atom stereocenters. The van der Waals surface area contributed by atoms with Gasteiger partial charge in [-0.05, 0) is 67.4 Å². The van der Waals surface area contributed by atoms with Gasteiger partial charge in [-0.25, -0.2) is 0 Å². The van der Waals surface area contributed by atoms with Crippen LogP contribution in [0.2, 0.25) is 0 Å². The first kappa shape index (κ1) is 63.3. The summed E-state index contributed by atoms with van der Waals surface area (Å²) in [7, 11) is 7.58. The number of carboxylic acids is 1. The summed E-state index contributed by atoms with van der Waals surface area (Å²) in [6.07, 6.45) is 8.21. The lowest BCUT2D eigenvalue weighted by Gasteiger charge is -2.32. The minimum Gasteiger partial charge on any atom is -0.512 e. The fraction of sp³-hybridized carbons (Fsp3) is 0.385. The Hall–Kier alpha value is -9.04. The normalized spacial score (nSPS) is 12.4. The molecular formula is C52H69N11O15. The molecule has 26 nitrogen and oxygen atoms in total. The van der Waals surface area contributed by atoms with Gasteiger partial charge < -0.3 is 71.1 Å². The molecule has 0 saturated carbocycles. The summed E-state index contributed by atoms with van der Waals surface area (Å²) in [6, 6.07) is 9.32. The van der Waals surface area contributed by atoms with E-state index in [0.29, 0.717) is 18.5 Å². The molecule has 3 aromatic rings. The number of nitrogens with zero attached hydrogens (tertiary/aromatic N) is 6. The molecule has 78 heavy (non-hydrogen) atoms. The van der Waals surface area contributed by atoms with E-state index in [0.717, 1.165) is 19.6 Å². The summed E-state index contributed by atoms with van der Waals surface area (Å²) in [5.41, 5.74) is -1.41. The van der Waals surface area contributed by atoms with Crippen LogP contribution in [0.3, 0.4) is 0 Å². The number of amides is 6. The maximum atomic E-state index is 13.4. The van der Waals surface area contributed by atoms with Crippen molar-refractivity contribution >= 4 is 53.9 Å². The van der Waals surface area contributed by atoms with Gasteiger partial charge in [-0.1, -0.05) is 12.1 Å². The highest BCUT2D eigenvalue weighted by Gasteiger charge is 2.23. The third kappa shape index (κ3) is 20.9. The van der Waals surface area contributed by atoms with Gasteiger partial charge in [0.25, 0.3) is 34.7 Å². The maximum Gasteiger partial charge on any atom is 0.303 e. The maximum absolute atomic E-state index is 13.4. The second-order valence-corrected chi connectivity index (χ2v) is 18.1. The Morgan fingerprint density at radius 2 is 1.10 bits per heavy atom. The van der Waals surface area contributed by atoms with Crippen molar-refractivity contribution in [1.82, 2.24) is 50.0 Å². The number of carboxylic acid groups (broad SMARTS) is 1. The van der Waals surface area contributed by atoms with E-state index in [1.165, 1.54) is 77.1 Å². The molecule has 26 heteroatoms. The Morgan fingerprint density at radius 1 is 0.641 bits per heavy atom. The number of carbonyl (C=O) groups is 8. The van der Waals surface area contributed by atoms with Gasteiger partial charge in [-0.2, -0.15) is 0 Å². The van der Waals surface area contributed by atoms with Crippen LogP contribution in [0.4, 0.5) is 5.69 Å². The highest BCUT2D eigenvalue weighted by atomic mass is 16.4. The molecule has 0 radical (unpaired) electrons. The highest BCUT2D eigenvalue weighted by Crippen LogP contribution is 2.18. The van der Waals surface area contributed by atoms with Gasteiger partial charge in [0.1, 0.15) is 5.76 Å². The van der Waals surface area contributed by atoms with Crippen molar-refractivity contribution in [1.29, 1.82) is 0 Å². The number of aryl methyl sites for hydroxylation is 2. The fourth-order valence-electron chi connectivity index (χ4n) is 7.45. The monoisotopic (exact) mass is 1090 g/mol. The minimum absolute atomic E-state index is 0.0286. The predicted molar refractivity (Wildman–Crippen MR) is 286 cm³/mol. The first-order valence-corrected chi connectivity index (χ1v) is 24.4. The molecule has 0 spiro atoms. The zero-order valence-electron chi connectivity index (χ0n) is 44.4. The van der Waals surface area contributed by atoms with Crippen molar-refractivity contribution < 1.29 is 63.9 Å². The SMILES string of the molecule is C/C(O)=C(\C=C/N(C)C=O)C(=O)NCCN(CCNC(=O)C(/C=C\N(C)C)=C(\O)C=O)CC(Cc1ccc(NC(=O)CCC(=O)O)cc1)CN(CCNC(=O)c1ccn(C)c(=O)c1O)CCNC(=O)c1ccn(C)c(=O)c1O. The summed E-state index contributed by atoms with van der Waals surface area (Å²) in [5.74, 6) is -7.67. The Kier molecular flexibility index (Phi) is 25.7. The molecule has 0 saturated heterocycles. The average molecular weight is 1090 g/mol. The van der Waals surface area contributed by atoms with Crippen LogP contribution in [-0.4, -0.2) is 189 Å². The smallest absolute Gasteiger partial charge is 0.303 e. The summed E-state index contributed by atoms with van der Waals surface area (Å²) >= 11 is 0. The molecule has 0 fully saturated rings. The lowest BCUT2D eigenvalue weighted by molar-refractivity contribution is -0.138. The van der Waals surface area contributed by atoms with Crippen molar-refractivity contribution in [3.63, 3.8) is 0 Å². The Bertz CT molecular complexity index is 2780. The van der Waals surface area contributed by atoms with E-state index >= 15 is 0 Å². The van der Waals surface area contributed by atoms with E-state index in [9.17, 15) is 68.4 Å². The largest absolute Gasteiger partial charge is 0.512 e. The van der Waals surface area contributed by atoms with E-state index in [4.69, 9.17) is 5.11 Å². The van der Waals surface area contributed by atoms with Crippen LogP contribution in [-0.2, 0) is 49.3 Å². The number of hydrogen-bond donors (Lipinski definition) is 10. The molecule has 1 aromatic carbocycles. The van der Waals surface area contributed by atoms with E-state index in [1.807, 2.05) is 9.80 Å². The third-order valence-electron chi connectivity index (χ3n) is 11.6. The number of nitrogens with one attached hydrogen (secondary N) is 5. The Balaban J connectivity index is 2.07. The van der Waals surface area contributed by atoms with Crippen molar-refractivity contribution in [3.8, 4) is 11.5 Å². The number of aliphatic carboxylic acids is 1. The summed E-state index contributed by atoms with van der Waals surface area (Å²) in [4.78, 5) is 131. The van der Waals surface area contributed by atoms with E-state index in [1.54, 1.807) is 43.3 Å². The first-order chi connectivity index (χ1) is 36.9.